The van der Waals surface area contributed by atoms with Crippen LogP contribution in [0.2, 0.25) is 0 Å². The van der Waals surface area contributed by atoms with E-state index in [9.17, 15) is 0 Å². The number of ether oxygens (including phenoxy) is 1. The van der Waals surface area contributed by atoms with Crippen LogP contribution in [0.25, 0.3) is 5.00 Å². The average Bonchev–Trinajstić information content (AvgIpc) is 2.75. The lowest BCUT2D eigenvalue weighted by Gasteiger charge is -2.07. The third-order valence-electron chi connectivity index (χ3n) is 2.71. The summed E-state index contributed by atoms with van der Waals surface area (Å²) in [5.74, 6) is 1.79. The minimum atomic E-state index is -0.0206. The predicted molar refractivity (Wildman–Crippen MR) is 64.9 cm³/mol. The molecule has 0 aliphatic carbocycles. The summed E-state index contributed by atoms with van der Waals surface area (Å²) in [4.78, 5) is 0. The smallest absolute Gasteiger partial charge is 0.167 e. The highest BCUT2D eigenvalue weighted by Gasteiger charge is 2.25. The first-order valence-corrected chi connectivity index (χ1v) is 6.65. The maximum absolute atomic E-state index is 5.76. The van der Waals surface area contributed by atoms with E-state index in [0.29, 0.717) is 6.61 Å². The van der Waals surface area contributed by atoms with Gasteiger partial charge in [0.25, 0.3) is 0 Å². The van der Waals surface area contributed by atoms with Crippen molar-refractivity contribution in [3.8, 4) is 5.00 Å². The van der Waals surface area contributed by atoms with Gasteiger partial charge in [-0.3, -0.25) is 4.57 Å². The highest BCUT2D eigenvalue weighted by Crippen LogP contribution is 2.37. The molecular formula is C10H10BrN3OS. The van der Waals surface area contributed by atoms with Crippen molar-refractivity contribution in [3.05, 3.63) is 27.1 Å². The van der Waals surface area contributed by atoms with Crippen molar-refractivity contribution in [1.29, 1.82) is 0 Å². The van der Waals surface area contributed by atoms with Crippen molar-refractivity contribution >= 4 is 27.3 Å². The molecule has 0 N–H and O–H groups in total. The molecule has 2 aromatic rings. The van der Waals surface area contributed by atoms with Gasteiger partial charge in [-0.25, -0.2) is 0 Å². The normalized spacial score (nSPS) is 19.1. The Labute approximate surface area is 105 Å². The number of thiophene rings is 1. The molecule has 0 fully saturated rings. The first-order valence-electron chi connectivity index (χ1n) is 4.98. The van der Waals surface area contributed by atoms with Gasteiger partial charge in [0.05, 0.1) is 6.61 Å². The monoisotopic (exact) mass is 299 g/mol. The van der Waals surface area contributed by atoms with Gasteiger partial charge in [0.15, 0.2) is 5.82 Å². The molecule has 0 saturated heterocycles. The van der Waals surface area contributed by atoms with E-state index in [1.165, 1.54) is 5.56 Å². The SMILES string of the molecule is Cc1nnc2n1-c1scc(Br)c1CO[C@H]2C. The van der Waals surface area contributed by atoms with Gasteiger partial charge >= 0.3 is 0 Å². The molecular weight excluding hydrogens is 290 g/mol. The summed E-state index contributed by atoms with van der Waals surface area (Å²) in [6.45, 7) is 4.58. The lowest BCUT2D eigenvalue weighted by Crippen LogP contribution is -2.04. The van der Waals surface area contributed by atoms with Gasteiger partial charge in [0.2, 0.25) is 0 Å². The van der Waals surface area contributed by atoms with Crippen molar-refractivity contribution < 1.29 is 4.74 Å². The van der Waals surface area contributed by atoms with Gasteiger partial charge < -0.3 is 4.74 Å². The molecule has 0 amide bonds. The van der Waals surface area contributed by atoms with E-state index in [4.69, 9.17) is 4.74 Å². The van der Waals surface area contributed by atoms with Crippen molar-refractivity contribution in [1.82, 2.24) is 14.8 Å². The van der Waals surface area contributed by atoms with Crippen LogP contribution in [-0.2, 0) is 11.3 Å². The van der Waals surface area contributed by atoms with Gasteiger partial charge in [-0.05, 0) is 29.8 Å². The van der Waals surface area contributed by atoms with Crippen LogP contribution >= 0.6 is 27.3 Å². The molecule has 16 heavy (non-hydrogen) atoms. The van der Waals surface area contributed by atoms with Gasteiger partial charge in [-0.2, -0.15) is 0 Å². The van der Waals surface area contributed by atoms with E-state index in [1.54, 1.807) is 11.3 Å². The topological polar surface area (TPSA) is 39.9 Å². The molecule has 84 valence electrons. The van der Waals surface area contributed by atoms with Crippen molar-refractivity contribution in [2.45, 2.75) is 26.6 Å². The van der Waals surface area contributed by atoms with Crippen molar-refractivity contribution in [2.75, 3.05) is 0 Å². The molecule has 2 aromatic heterocycles. The maximum atomic E-state index is 5.76. The summed E-state index contributed by atoms with van der Waals surface area (Å²) in [6.07, 6.45) is -0.0206. The standard InChI is InChI=1S/C10H10BrN3OS/c1-5-9-13-12-6(2)14(9)10-7(3-15-5)8(11)4-16-10/h4-5H,3H2,1-2H3/t5-/m0/s1. The fraction of sp³-hybridized carbons (Fsp3) is 0.400. The summed E-state index contributed by atoms with van der Waals surface area (Å²) >= 11 is 5.23. The van der Waals surface area contributed by atoms with Gasteiger partial charge in [-0.1, -0.05) is 0 Å². The van der Waals surface area contributed by atoms with Crippen LogP contribution in [0.3, 0.4) is 0 Å². The summed E-state index contributed by atoms with van der Waals surface area (Å²) < 4.78 is 8.95. The number of hydrogen-bond donors (Lipinski definition) is 0. The molecule has 1 atom stereocenters. The number of halogens is 1. The number of fused-ring (bicyclic) bond motifs is 3. The van der Waals surface area contributed by atoms with E-state index in [1.807, 2.05) is 13.8 Å². The Hall–Kier alpha value is -0.720. The maximum Gasteiger partial charge on any atom is 0.167 e. The molecule has 0 radical (unpaired) electrons. The Morgan fingerprint density at radius 2 is 2.38 bits per heavy atom. The minimum Gasteiger partial charge on any atom is -0.366 e. The van der Waals surface area contributed by atoms with E-state index in [0.717, 1.165) is 21.1 Å². The van der Waals surface area contributed by atoms with E-state index in [-0.39, 0.29) is 6.10 Å². The largest absolute Gasteiger partial charge is 0.366 e. The molecule has 0 unspecified atom stereocenters. The van der Waals surface area contributed by atoms with Crippen LogP contribution in [0.1, 0.15) is 30.2 Å². The number of rotatable bonds is 0. The highest BCUT2D eigenvalue weighted by atomic mass is 79.9. The second kappa shape index (κ2) is 3.65. The van der Waals surface area contributed by atoms with Crippen molar-refractivity contribution in [3.63, 3.8) is 0 Å². The second-order valence-corrected chi connectivity index (χ2v) is 5.47. The zero-order chi connectivity index (χ0) is 11.3. The zero-order valence-electron chi connectivity index (χ0n) is 8.90. The molecule has 0 bridgehead atoms. The first-order chi connectivity index (χ1) is 7.68. The van der Waals surface area contributed by atoms with Crippen LogP contribution < -0.4 is 0 Å². The lowest BCUT2D eigenvalue weighted by molar-refractivity contribution is 0.0494. The second-order valence-electron chi connectivity index (χ2n) is 3.76. The zero-order valence-corrected chi connectivity index (χ0v) is 11.3. The number of nitrogens with zero attached hydrogens (tertiary/aromatic N) is 3. The molecule has 0 spiro atoms. The average molecular weight is 300 g/mol. The third kappa shape index (κ3) is 1.37. The molecule has 4 nitrogen and oxygen atoms in total. The molecule has 1 aliphatic rings. The Morgan fingerprint density at radius 3 is 3.19 bits per heavy atom. The Balaban J connectivity index is 2.31. The third-order valence-corrected chi connectivity index (χ3v) is 4.73. The van der Waals surface area contributed by atoms with Crippen molar-refractivity contribution in [2.24, 2.45) is 0 Å². The van der Waals surface area contributed by atoms with E-state index < -0.39 is 0 Å². The lowest BCUT2D eigenvalue weighted by atomic mass is 10.3. The quantitative estimate of drug-likeness (QED) is 0.751. The summed E-state index contributed by atoms with van der Waals surface area (Å²) in [5.41, 5.74) is 1.18. The predicted octanol–water partition coefficient (Wildman–Crippen LogP) is 2.99. The number of aromatic nitrogens is 3. The van der Waals surface area contributed by atoms with Crippen LogP contribution in [0.15, 0.2) is 9.85 Å². The van der Waals surface area contributed by atoms with Crippen LogP contribution in [0.5, 0.6) is 0 Å². The van der Waals surface area contributed by atoms with Gasteiger partial charge in [0.1, 0.15) is 16.9 Å². The molecule has 3 heterocycles. The first kappa shape index (κ1) is 10.4. The molecule has 0 aromatic carbocycles. The highest BCUT2D eigenvalue weighted by molar-refractivity contribution is 9.10. The van der Waals surface area contributed by atoms with E-state index >= 15 is 0 Å². The van der Waals surface area contributed by atoms with E-state index in [2.05, 4.69) is 36.1 Å². The summed E-state index contributed by atoms with van der Waals surface area (Å²) in [5, 5.41) is 11.5. The Bertz CT molecular complexity index is 548. The minimum absolute atomic E-state index is 0.0206. The Kier molecular flexibility index (Phi) is 2.38. The van der Waals surface area contributed by atoms with Crippen LogP contribution in [0.4, 0.5) is 0 Å². The number of aryl methyl sites for hydroxylation is 1. The van der Waals surface area contributed by atoms with Crippen LogP contribution in [0, 0.1) is 6.92 Å². The summed E-state index contributed by atoms with van der Waals surface area (Å²) in [7, 11) is 0. The molecule has 6 heteroatoms. The fourth-order valence-corrected chi connectivity index (χ4v) is 3.56. The Morgan fingerprint density at radius 1 is 1.56 bits per heavy atom. The number of hydrogen-bond acceptors (Lipinski definition) is 4. The fourth-order valence-electron chi connectivity index (χ4n) is 1.85. The summed E-state index contributed by atoms with van der Waals surface area (Å²) in [6, 6.07) is 0. The van der Waals surface area contributed by atoms with Crippen LogP contribution in [-0.4, -0.2) is 14.8 Å². The van der Waals surface area contributed by atoms with Gasteiger partial charge in [0, 0.05) is 15.4 Å². The van der Waals surface area contributed by atoms with Gasteiger partial charge in [-0.15, -0.1) is 21.5 Å². The molecule has 0 saturated carbocycles. The molecule has 1 aliphatic heterocycles. The molecule has 3 rings (SSSR count).